The van der Waals surface area contributed by atoms with Gasteiger partial charge in [-0.05, 0) is 80.2 Å². The molecule has 170 valence electrons. The van der Waals surface area contributed by atoms with Crippen molar-refractivity contribution in [3.05, 3.63) is 94.5 Å². The molecule has 0 bridgehead atoms. The van der Waals surface area contributed by atoms with Gasteiger partial charge in [0.05, 0.1) is 12.7 Å². The van der Waals surface area contributed by atoms with Crippen molar-refractivity contribution in [2.24, 2.45) is 0 Å². The summed E-state index contributed by atoms with van der Waals surface area (Å²) in [6.07, 6.45) is 0. The molecular weight excluding hydrogens is 506 g/mol. The third kappa shape index (κ3) is 3.21. The van der Waals surface area contributed by atoms with E-state index in [-0.39, 0.29) is 11.5 Å². The highest BCUT2D eigenvalue weighted by Gasteiger charge is 2.22. The van der Waals surface area contributed by atoms with Crippen molar-refractivity contribution in [1.29, 1.82) is 0 Å². The molecule has 0 fully saturated rings. The molecular formula is C29H18BrNO4. The average Bonchev–Trinajstić information content (AvgIpc) is 2.88. The number of ether oxygens (including phenoxy) is 1. The van der Waals surface area contributed by atoms with E-state index in [4.69, 9.17) is 4.74 Å². The van der Waals surface area contributed by atoms with Crippen LogP contribution in [0, 0.1) is 0 Å². The number of fused-ring (bicyclic) bond motifs is 2. The predicted octanol–water partition coefficient (Wildman–Crippen LogP) is 7.46. The number of amides is 1. The number of aromatic carboxylic acids is 1. The number of hydrogen-bond donors (Lipinski definition) is 2. The Labute approximate surface area is 208 Å². The van der Waals surface area contributed by atoms with Crippen molar-refractivity contribution in [2.75, 3.05) is 12.4 Å². The van der Waals surface area contributed by atoms with E-state index in [2.05, 4.69) is 27.3 Å². The summed E-state index contributed by atoms with van der Waals surface area (Å²) in [5, 5.41) is 20.2. The van der Waals surface area contributed by atoms with Crippen molar-refractivity contribution in [2.45, 2.75) is 0 Å². The number of methoxy groups -OCH3 is 1. The van der Waals surface area contributed by atoms with Gasteiger partial charge in [-0.1, -0.05) is 52.3 Å². The molecule has 0 saturated heterocycles. The van der Waals surface area contributed by atoms with E-state index in [1.54, 1.807) is 43.5 Å². The number of anilines is 1. The lowest BCUT2D eigenvalue weighted by Crippen LogP contribution is -2.14. The summed E-state index contributed by atoms with van der Waals surface area (Å²) in [6.45, 7) is 0. The average molecular weight is 524 g/mol. The van der Waals surface area contributed by atoms with Crippen LogP contribution in [-0.2, 0) is 0 Å². The molecule has 5 nitrogen and oxygen atoms in total. The highest BCUT2D eigenvalue weighted by atomic mass is 79.9. The van der Waals surface area contributed by atoms with Crippen molar-refractivity contribution in [1.82, 2.24) is 0 Å². The van der Waals surface area contributed by atoms with Gasteiger partial charge in [0.15, 0.2) is 0 Å². The number of rotatable bonds is 4. The highest BCUT2D eigenvalue weighted by Crippen LogP contribution is 2.43. The van der Waals surface area contributed by atoms with Crippen molar-refractivity contribution in [3.8, 4) is 5.75 Å². The lowest BCUT2D eigenvalue weighted by molar-refractivity contribution is 0.0699. The molecule has 35 heavy (non-hydrogen) atoms. The molecule has 1 amide bonds. The zero-order chi connectivity index (χ0) is 24.3. The third-order valence-electron chi connectivity index (χ3n) is 6.55. The summed E-state index contributed by atoms with van der Waals surface area (Å²) in [4.78, 5) is 25.7. The van der Waals surface area contributed by atoms with Gasteiger partial charge >= 0.3 is 5.97 Å². The molecule has 6 aromatic rings. The molecule has 0 saturated carbocycles. The molecule has 0 heterocycles. The molecule has 0 radical (unpaired) electrons. The fourth-order valence-corrected chi connectivity index (χ4v) is 5.47. The van der Waals surface area contributed by atoms with Crippen LogP contribution in [0.4, 0.5) is 5.69 Å². The van der Waals surface area contributed by atoms with E-state index in [0.29, 0.717) is 22.4 Å². The van der Waals surface area contributed by atoms with Crippen molar-refractivity contribution < 1.29 is 19.4 Å². The van der Waals surface area contributed by atoms with Gasteiger partial charge in [-0.15, -0.1) is 0 Å². The summed E-state index contributed by atoms with van der Waals surface area (Å²) in [5.41, 5.74) is 0.998. The monoisotopic (exact) mass is 523 g/mol. The van der Waals surface area contributed by atoms with E-state index in [1.165, 1.54) is 0 Å². The summed E-state index contributed by atoms with van der Waals surface area (Å²) in [6, 6.07) is 24.2. The summed E-state index contributed by atoms with van der Waals surface area (Å²) < 4.78 is 6.18. The second-order valence-corrected chi connectivity index (χ2v) is 9.24. The molecule has 0 aromatic heterocycles. The quantitative estimate of drug-likeness (QED) is 0.185. The number of carboxylic acid groups (broad SMARTS) is 1. The Hall–Kier alpha value is -4.16. The Kier molecular flexibility index (Phi) is 4.86. The molecule has 6 aromatic carbocycles. The van der Waals surface area contributed by atoms with Gasteiger partial charge in [0, 0.05) is 21.1 Å². The van der Waals surface area contributed by atoms with Crippen LogP contribution in [0.5, 0.6) is 5.75 Å². The Morgan fingerprint density at radius 3 is 2.00 bits per heavy atom. The zero-order valence-electron chi connectivity index (χ0n) is 18.6. The molecule has 0 aliphatic rings. The van der Waals surface area contributed by atoms with Gasteiger partial charge in [-0.3, -0.25) is 4.79 Å². The van der Waals surface area contributed by atoms with E-state index in [9.17, 15) is 14.7 Å². The van der Waals surface area contributed by atoms with Crippen LogP contribution in [0.15, 0.2) is 83.3 Å². The van der Waals surface area contributed by atoms with E-state index in [0.717, 1.165) is 42.2 Å². The normalized spacial score (nSPS) is 11.5. The Balaban J connectivity index is 1.67. The summed E-state index contributed by atoms with van der Waals surface area (Å²) in [5.74, 6) is -0.773. The van der Waals surface area contributed by atoms with Crippen LogP contribution < -0.4 is 10.1 Å². The molecule has 6 rings (SSSR count). The second-order valence-electron chi connectivity index (χ2n) is 8.38. The smallest absolute Gasteiger partial charge is 0.336 e. The van der Waals surface area contributed by atoms with Gasteiger partial charge in [0.1, 0.15) is 5.75 Å². The summed E-state index contributed by atoms with van der Waals surface area (Å²) in [7, 11) is 1.58. The first-order valence-electron chi connectivity index (χ1n) is 11.0. The standard InChI is InChI=1S/C29H18BrNO4/c1-35-16-7-5-15(6-8-16)31-28(32)22-11-9-19-17-3-2-4-21-24(30)14-13-18(25(17)21)20-10-12-23(29(33)34)27(22)26(19)20/h2-14H,1H3,(H,31,32)(H,33,34). The van der Waals surface area contributed by atoms with Gasteiger partial charge in [0.2, 0.25) is 0 Å². The van der Waals surface area contributed by atoms with Crippen LogP contribution in [0.1, 0.15) is 20.7 Å². The fraction of sp³-hybridized carbons (Fsp3) is 0.0345. The Bertz CT molecular complexity index is 1790. The topological polar surface area (TPSA) is 75.6 Å². The number of hydrogen-bond acceptors (Lipinski definition) is 3. The van der Waals surface area contributed by atoms with Crippen LogP contribution in [0.2, 0.25) is 0 Å². The molecule has 0 unspecified atom stereocenters. The van der Waals surface area contributed by atoms with Crippen molar-refractivity contribution in [3.63, 3.8) is 0 Å². The van der Waals surface area contributed by atoms with Crippen LogP contribution in [-0.4, -0.2) is 24.1 Å². The molecule has 0 aliphatic carbocycles. The Morgan fingerprint density at radius 2 is 1.31 bits per heavy atom. The number of carboxylic acids is 1. The maximum Gasteiger partial charge on any atom is 0.336 e. The number of halogens is 1. The number of benzene rings is 6. The zero-order valence-corrected chi connectivity index (χ0v) is 20.1. The fourth-order valence-electron chi connectivity index (χ4n) is 5.00. The van der Waals surface area contributed by atoms with Crippen LogP contribution in [0.3, 0.4) is 0 Å². The molecule has 0 aliphatic heterocycles. The van der Waals surface area contributed by atoms with Gasteiger partial charge in [-0.2, -0.15) is 0 Å². The maximum atomic E-state index is 13.4. The lowest BCUT2D eigenvalue weighted by Gasteiger charge is -2.18. The second kappa shape index (κ2) is 7.96. The first-order chi connectivity index (χ1) is 17.0. The van der Waals surface area contributed by atoms with Crippen LogP contribution in [0.25, 0.3) is 43.1 Å². The van der Waals surface area contributed by atoms with E-state index in [1.807, 2.05) is 36.4 Å². The van der Waals surface area contributed by atoms with Gasteiger partial charge in [-0.25, -0.2) is 4.79 Å². The minimum Gasteiger partial charge on any atom is -0.497 e. The SMILES string of the molecule is COc1ccc(NC(=O)c2ccc3c4cccc5c(Br)ccc(c6ccc(C(=O)O)c2c63)c54)cc1. The molecule has 0 spiro atoms. The minimum atomic E-state index is -1.08. The van der Waals surface area contributed by atoms with Gasteiger partial charge < -0.3 is 15.2 Å². The molecule has 0 atom stereocenters. The number of nitrogens with one attached hydrogen (secondary N) is 1. The number of carbonyl (C=O) groups is 2. The van der Waals surface area contributed by atoms with E-state index < -0.39 is 5.97 Å². The van der Waals surface area contributed by atoms with Crippen molar-refractivity contribution >= 4 is 76.6 Å². The summed E-state index contributed by atoms with van der Waals surface area (Å²) >= 11 is 3.66. The first-order valence-corrected chi connectivity index (χ1v) is 11.8. The molecule has 2 N–H and O–H groups in total. The number of carbonyl (C=O) groups excluding carboxylic acids is 1. The van der Waals surface area contributed by atoms with E-state index >= 15 is 0 Å². The predicted molar refractivity (Wildman–Crippen MR) is 143 cm³/mol. The lowest BCUT2D eigenvalue weighted by atomic mass is 9.86. The third-order valence-corrected chi connectivity index (χ3v) is 7.24. The molecule has 6 heteroatoms. The van der Waals surface area contributed by atoms with Crippen LogP contribution >= 0.6 is 15.9 Å². The minimum absolute atomic E-state index is 0.0956. The van der Waals surface area contributed by atoms with Gasteiger partial charge in [0.25, 0.3) is 5.91 Å². The maximum absolute atomic E-state index is 13.4. The largest absolute Gasteiger partial charge is 0.497 e. The highest BCUT2D eigenvalue weighted by molar-refractivity contribution is 9.10. The first kappa shape index (κ1) is 21.4. The Morgan fingerprint density at radius 1 is 0.714 bits per heavy atom.